The Labute approximate surface area is 180 Å². The van der Waals surface area contributed by atoms with Crippen molar-refractivity contribution in [3.8, 4) is 11.4 Å². The first-order valence-corrected chi connectivity index (χ1v) is 10.8. The van der Waals surface area contributed by atoms with Crippen LogP contribution >= 0.6 is 0 Å². The lowest BCUT2D eigenvalue weighted by Crippen LogP contribution is -2.19. The van der Waals surface area contributed by atoms with Crippen molar-refractivity contribution in [2.24, 2.45) is 0 Å². The average Bonchev–Trinajstić information content (AvgIpc) is 3.48. The lowest BCUT2D eigenvalue weighted by atomic mass is 10.1. The molecule has 2 N–H and O–H groups in total. The van der Waals surface area contributed by atoms with Gasteiger partial charge in [0.15, 0.2) is 0 Å². The van der Waals surface area contributed by atoms with Crippen LogP contribution in [0.15, 0.2) is 48.5 Å². The zero-order valence-electron chi connectivity index (χ0n) is 17.7. The highest BCUT2D eigenvalue weighted by atomic mass is 19.1. The molecule has 158 valence electrons. The van der Waals surface area contributed by atoms with E-state index in [1.807, 2.05) is 24.3 Å². The van der Waals surface area contributed by atoms with Gasteiger partial charge in [0, 0.05) is 11.7 Å². The van der Waals surface area contributed by atoms with E-state index in [0.29, 0.717) is 17.7 Å². The Morgan fingerprint density at radius 1 is 1.10 bits per heavy atom. The average molecular weight is 417 g/mol. The Morgan fingerprint density at radius 2 is 1.81 bits per heavy atom. The second-order valence-electron chi connectivity index (χ2n) is 8.28. The summed E-state index contributed by atoms with van der Waals surface area (Å²) in [7, 11) is 0. The first-order valence-electron chi connectivity index (χ1n) is 10.8. The van der Waals surface area contributed by atoms with Crippen molar-refractivity contribution >= 4 is 22.8 Å². The maximum Gasteiger partial charge on any atom is 0.259 e. The van der Waals surface area contributed by atoms with Gasteiger partial charge in [-0.05, 0) is 56.5 Å². The molecule has 5 nitrogen and oxygen atoms in total. The minimum absolute atomic E-state index is 0.0348. The Bertz CT molecular complexity index is 1250. The summed E-state index contributed by atoms with van der Waals surface area (Å²) in [6.07, 6.45) is 4.47. The molecule has 0 atom stereocenters. The minimum atomic E-state index is -0.530. The summed E-state index contributed by atoms with van der Waals surface area (Å²) >= 11 is 0. The van der Waals surface area contributed by atoms with Crippen LogP contribution in [0.5, 0.6) is 0 Å². The number of rotatable bonds is 4. The van der Waals surface area contributed by atoms with Gasteiger partial charge >= 0.3 is 0 Å². The van der Waals surface area contributed by atoms with Crippen LogP contribution in [-0.2, 0) is 0 Å². The standard InChI is InChI=1S/C25H25FN4O/c1-15-16(2)30(17-9-3-4-10-17)24(29-25(31)18-11-5-6-12-19(18)26)22(15)23-27-20-13-7-8-14-21(20)28-23/h5-8,11-14,17H,3-4,9-10H2,1-2H3,(H,27,28)(H,29,31). The third kappa shape index (κ3) is 3.32. The van der Waals surface area contributed by atoms with Crippen LogP contribution in [-0.4, -0.2) is 20.4 Å². The number of carbonyl (C=O) groups is 1. The molecule has 0 spiro atoms. The van der Waals surface area contributed by atoms with Crippen molar-refractivity contribution in [1.82, 2.24) is 14.5 Å². The summed E-state index contributed by atoms with van der Waals surface area (Å²) in [4.78, 5) is 21.3. The van der Waals surface area contributed by atoms with Gasteiger partial charge in [0.05, 0.1) is 22.2 Å². The normalized spacial score (nSPS) is 14.4. The van der Waals surface area contributed by atoms with Gasteiger partial charge in [-0.25, -0.2) is 9.37 Å². The van der Waals surface area contributed by atoms with Gasteiger partial charge in [0.25, 0.3) is 5.91 Å². The number of aromatic nitrogens is 3. The fraction of sp³-hybridized carbons (Fsp3) is 0.280. The number of para-hydroxylation sites is 2. The Kier molecular flexibility index (Phi) is 4.85. The topological polar surface area (TPSA) is 62.7 Å². The number of anilines is 1. The lowest BCUT2D eigenvalue weighted by molar-refractivity contribution is 0.102. The highest BCUT2D eigenvalue weighted by Gasteiger charge is 2.29. The summed E-state index contributed by atoms with van der Waals surface area (Å²) in [6, 6.07) is 14.3. The van der Waals surface area contributed by atoms with Crippen LogP contribution in [0.25, 0.3) is 22.4 Å². The van der Waals surface area contributed by atoms with E-state index < -0.39 is 11.7 Å². The molecule has 2 heterocycles. The molecule has 0 radical (unpaired) electrons. The zero-order chi connectivity index (χ0) is 21.5. The second-order valence-corrected chi connectivity index (χ2v) is 8.28. The molecule has 2 aromatic heterocycles. The van der Waals surface area contributed by atoms with Gasteiger partial charge in [-0.3, -0.25) is 4.79 Å². The number of amides is 1. The largest absolute Gasteiger partial charge is 0.338 e. The molecule has 0 aliphatic heterocycles. The number of halogens is 1. The Balaban J connectivity index is 1.67. The van der Waals surface area contributed by atoms with E-state index in [4.69, 9.17) is 4.98 Å². The number of nitrogens with one attached hydrogen (secondary N) is 2. The molecule has 4 aromatic rings. The van der Waals surface area contributed by atoms with E-state index in [0.717, 1.165) is 40.7 Å². The second kappa shape index (κ2) is 7.69. The number of aromatic amines is 1. The Hall–Kier alpha value is -3.41. The summed E-state index contributed by atoms with van der Waals surface area (Å²) in [6.45, 7) is 4.14. The minimum Gasteiger partial charge on any atom is -0.338 e. The molecule has 2 aromatic carbocycles. The van der Waals surface area contributed by atoms with Crippen molar-refractivity contribution in [3.05, 3.63) is 71.2 Å². The molecule has 1 aliphatic rings. The van der Waals surface area contributed by atoms with Gasteiger partial charge in [-0.1, -0.05) is 37.1 Å². The first kappa shape index (κ1) is 19.5. The van der Waals surface area contributed by atoms with Crippen LogP contribution in [0.3, 0.4) is 0 Å². The summed E-state index contributed by atoms with van der Waals surface area (Å²) in [5.74, 6) is 0.418. The smallest absolute Gasteiger partial charge is 0.259 e. The number of fused-ring (bicyclic) bond motifs is 1. The predicted molar refractivity (Wildman–Crippen MR) is 121 cm³/mol. The monoisotopic (exact) mass is 416 g/mol. The number of hydrogen-bond acceptors (Lipinski definition) is 2. The van der Waals surface area contributed by atoms with Gasteiger partial charge < -0.3 is 14.9 Å². The first-order chi connectivity index (χ1) is 15.0. The molecule has 0 bridgehead atoms. The van der Waals surface area contributed by atoms with Gasteiger partial charge in [-0.15, -0.1) is 0 Å². The van der Waals surface area contributed by atoms with E-state index >= 15 is 0 Å². The van der Waals surface area contributed by atoms with Gasteiger partial charge in [0.2, 0.25) is 0 Å². The van der Waals surface area contributed by atoms with Crippen LogP contribution < -0.4 is 5.32 Å². The highest BCUT2D eigenvalue weighted by Crippen LogP contribution is 2.42. The summed E-state index contributed by atoms with van der Waals surface area (Å²) in [5, 5.41) is 3.04. The van der Waals surface area contributed by atoms with Crippen molar-refractivity contribution in [1.29, 1.82) is 0 Å². The van der Waals surface area contributed by atoms with E-state index in [9.17, 15) is 9.18 Å². The fourth-order valence-electron chi connectivity index (χ4n) is 4.75. The molecule has 0 unspecified atom stereocenters. The van der Waals surface area contributed by atoms with Crippen molar-refractivity contribution < 1.29 is 9.18 Å². The summed E-state index contributed by atoms with van der Waals surface area (Å²) < 4.78 is 16.5. The number of imidazole rings is 1. The maximum atomic E-state index is 14.3. The van der Waals surface area contributed by atoms with Crippen LogP contribution in [0.1, 0.15) is 53.3 Å². The molecule has 0 saturated heterocycles. The zero-order valence-corrected chi connectivity index (χ0v) is 17.7. The van der Waals surface area contributed by atoms with Crippen molar-refractivity contribution in [3.63, 3.8) is 0 Å². The highest BCUT2D eigenvalue weighted by molar-refractivity contribution is 6.06. The van der Waals surface area contributed by atoms with Gasteiger partial charge in [0.1, 0.15) is 17.5 Å². The van der Waals surface area contributed by atoms with Crippen molar-refractivity contribution in [2.75, 3.05) is 5.32 Å². The van der Waals surface area contributed by atoms with E-state index in [1.165, 1.54) is 25.0 Å². The molecular weight excluding hydrogens is 391 g/mol. The van der Waals surface area contributed by atoms with E-state index in [-0.39, 0.29) is 5.56 Å². The quantitative estimate of drug-likeness (QED) is 0.419. The van der Waals surface area contributed by atoms with E-state index in [1.54, 1.807) is 12.1 Å². The molecule has 1 aliphatic carbocycles. The molecule has 5 rings (SSSR count). The molecule has 1 fully saturated rings. The third-order valence-electron chi connectivity index (χ3n) is 6.42. The van der Waals surface area contributed by atoms with Gasteiger partial charge in [-0.2, -0.15) is 0 Å². The third-order valence-corrected chi connectivity index (χ3v) is 6.42. The lowest BCUT2D eigenvalue weighted by Gasteiger charge is -2.20. The predicted octanol–water partition coefficient (Wildman–Crippen LogP) is 6.15. The molecule has 31 heavy (non-hydrogen) atoms. The molecule has 1 saturated carbocycles. The number of nitrogens with zero attached hydrogens (tertiary/aromatic N) is 2. The fourth-order valence-corrected chi connectivity index (χ4v) is 4.75. The Morgan fingerprint density at radius 3 is 2.55 bits per heavy atom. The summed E-state index contributed by atoms with van der Waals surface area (Å²) in [5.41, 5.74) is 4.88. The van der Waals surface area contributed by atoms with Crippen molar-refractivity contribution in [2.45, 2.75) is 45.6 Å². The number of hydrogen-bond donors (Lipinski definition) is 2. The van der Waals surface area contributed by atoms with E-state index in [2.05, 4.69) is 28.7 Å². The van der Waals surface area contributed by atoms with Crippen LogP contribution in [0, 0.1) is 19.7 Å². The number of carbonyl (C=O) groups excluding carboxylic acids is 1. The number of benzene rings is 2. The van der Waals surface area contributed by atoms with Crippen LogP contribution in [0.2, 0.25) is 0 Å². The molecule has 1 amide bonds. The molecule has 6 heteroatoms. The SMILES string of the molecule is Cc1c(-c2nc3ccccc3[nH]2)c(NC(=O)c2ccccc2F)n(C2CCCC2)c1C. The van der Waals surface area contributed by atoms with Crippen LogP contribution in [0.4, 0.5) is 10.2 Å². The number of H-pyrrole nitrogens is 1. The maximum absolute atomic E-state index is 14.3. The molecular formula is C25H25FN4O.